The summed E-state index contributed by atoms with van der Waals surface area (Å²) in [4.78, 5) is 4.68. The highest BCUT2D eigenvalue weighted by atomic mass is 32.1. The number of aromatic nitrogens is 1. The third-order valence-corrected chi connectivity index (χ3v) is 4.61. The molecule has 3 nitrogen and oxygen atoms in total. The summed E-state index contributed by atoms with van der Waals surface area (Å²) in [5.41, 5.74) is 11.0. The zero-order chi connectivity index (χ0) is 16.2. The average Bonchev–Trinajstić information content (AvgIpc) is 2.99. The van der Waals surface area contributed by atoms with Gasteiger partial charge in [0, 0.05) is 23.1 Å². The summed E-state index contributed by atoms with van der Waals surface area (Å²) < 4.78 is 5.95. The predicted octanol–water partition coefficient (Wildman–Crippen LogP) is 4.63. The van der Waals surface area contributed by atoms with E-state index in [0.717, 1.165) is 34.1 Å². The van der Waals surface area contributed by atoms with Gasteiger partial charge >= 0.3 is 0 Å². The van der Waals surface area contributed by atoms with Crippen molar-refractivity contribution >= 4 is 17.0 Å². The maximum absolute atomic E-state index is 5.95. The number of rotatable bonds is 5. The Bertz CT molecular complexity index is 790. The van der Waals surface area contributed by atoms with Crippen LogP contribution in [0.25, 0.3) is 11.3 Å². The molecule has 4 heteroatoms. The van der Waals surface area contributed by atoms with E-state index in [-0.39, 0.29) is 0 Å². The Labute approximate surface area is 140 Å². The van der Waals surface area contributed by atoms with Crippen molar-refractivity contribution in [1.82, 2.24) is 4.98 Å². The van der Waals surface area contributed by atoms with Gasteiger partial charge < -0.3 is 10.5 Å². The van der Waals surface area contributed by atoms with E-state index in [1.807, 2.05) is 24.3 Å². The lowest BCUT2D eigenvalue weighted by molar-refractivity contribution is 0.317. The van der Waals surface area contributed by atoms with E-state index < -0.39 is 0 Å². The van der Waals surface area contributed by atoms with Gasteiger partial charge in [0.1, 0.15) is 5.75 Å². The normalized spacial score (nSPS) is 10.7. The Balaban J connectivity index is 1.64. The number of ether oxygens (including phenoxy) is 1. The lowest BCUT2D eigenvalue weighted by atomic mass is 10.1. The summed E-state index contributed by atoms with van der Waals surface area (Å²) in [7, 11) is 0. The maximum Gasteiger partial charge on any atom is 0.125 e. The number of nitrogens with two attached hydrogens (primary N) is 1. The Morgan fingerprint density at radius 1 is 1.09 bits per heavy atom. The minimum Gasteiger partial charge on any atom is -0.493 e. The third-order valence-electron chi connectivity index (χ3n) is 3.71. The number of anilines is 1. The molecule has 0 aliphatic carbocycles. The lowest BCUT2D eigenvalue weighted by Crippen LogP contribution is -2.03. The van der Waals surface area contributed by atoms with Crippen LogP contribution in [0, 0.1) is 13.8 Å². The fourth-order valence-electron chi connectivity index (χ4n) is 2.52. The molecule has 0 aliphatic heterocycles. The fraction of sp³-hybridized carbons (Fsp3) is 0.211. The first-order valence-electron chi connectivity index (χ1n) is 7.63. The van der Waals surface area contributed by atoms with Crippen molar-refractivity contribution in [1.29, 1.82) is 0 Å². The monoisotopic (exact) mass is 324 g/mol. The molecule has 1 heterocycles. The molecule has 0 bridgehead atoms. The molecule has 0 unspecified atom stereocenters. The number of thiazole rings is 1. The molecule has 0 amide bonds. The summed E-state index contributed by atoms with van der Waals surface area (Å²) in [6.45, 7) is 4.78. The van der Waals surface area contributed by atoms with Crippen LogP contribution in [0.4, 0.5) is 5.69 Å². The van der Waals surface area contributed by atoms with Crippen LogP contribution in [0.3, 0.4) is 0 Å². The van der Waals surface area contributed by atoms with Gasteiger partial charge in [-0.3, -0.25) is 0 Å². The predicted molar refractivity (Wildman–Crippen MR) is 97.1 cm³/mol. The molecule has 3 rings (SSSR count). The number of hydrogen-bond donors (Lipinski definition) is 1. The number of hydrogen-bond acceptors (Lipinski definition) is 4. The molecule has 0 fully saturated rings. The zero-order valence-electron chi connectivity index (χ0n) is 13.4. The molecular formula is C19H20N2OS. The van der Waals surface area contributed by atoms with E-state index in [0.29, 0.717) is 6.61 Å². The molecule has 2 aromatic carbocycles. The maximum atomic E-state index is 5.95. The van der Waals surface area contributed by atoms with Crippen molar-refractivity contribution < 1.29 is 4.74 Å². The highest BCUT2D eigenvalue weighted by Gasteiger charge is 2.07. The molecule has 0 atom stereocenters. The molecule has 0 saturated carbocycles. The van der Waals surface area contributed by atoms with Crippen LogP contribution in [-0.2, 0) is 6.42 Å². The number of aryl methyl sites for hydroxylation is 2. The summed E-state index contributed by atoms with van der Waals surface area (Å²) >= 11 is 1.66. The van der Waals surface area contributed by atoms with Crippen LogP contribution >= 0.6 is 11.3 Å². The van der Waals surface area contributed by atoms with E-state index in [1.165, 1.54) is 11.1 Å². The first-order chi connectivity index (χ1) is 11.1. The largest absolute Gasteiger partial charge is 0.493 e. The van der Waals surface area contributed by atoms with Crippen molar-refractivity contribution in [3.8, 4) is 17.0 Å². The average molecular weight is 324 g/mol. The highest BCUT2D eigenvalue weighted by molar-refractivity contribution is 7.09. The van der Waals surface area contributed by atoms with Gasteiger partial charge in [-0.05, 0) is 37.1 Å². The minimum atomic E-state index is 0.634. The third kappa shape index (κ3) is 3.71. The standard InChI is InChI=1S/C19H20N2OS/c1-13-5-3-6-14(2)19(13)22-10-9-18-21-17(12-23-18)15-7-4-8-16(20)11-15/h3-8,11-12H,9-10,20H2,1-2H3. The highest BCUT2D eigenvalue weighted by Crippen LogP contribution is 2.25. The molecular weight excluding hydrogens is 304 g/mol. The summed E-state index contributed by atoms with van der Waals surface area (Å²) in [6, 6.07) is 14.0. The number of nitrogen functional groups attached to an aromatic ring is 1. The second-order valence-corrected chi connectivity index (χ2v) is 6.51. The van der Waals surface area contributed by atoms with Crippen LogP contribution in [0.5, 0.6) is 5.75 Å². The number of benzene rings is 2. The van der Waals surface area contributed by atoms with Crippen LogP contribution in [0.2, 0.25) is 0 Å². The van der Waals surface area contributed by atoms with Crippen LogP contribution in [-0.4, -0.2) is 11.6 Å². The molecule has 1 aromatic heterocycles. The van der Waals surface area contributed by atoms with E-state index in [1.54, 1.807) is 11.3 Å². The van der Waals surface area contributed by atoms with Gasteiger partial charge in [0.15, 0.2) is 0 Å². The molecule has 0 aliphatic rings. The van der Waals surface area contributed by atoms with Gasteiger partial charge in [0.05, 0.1) is 17.3 Å². The number of nitrogens with zero attached hydrogens (tertiary/aromatic N) is 1. The summed E-state index contributed by atoms with van der Waals surface area (Å²) in [5.74, 6) is 0.986. The SMILES string of the molecule is Cc1cccc(C)c1OCCc1nc(-c2cccc(N)c2)cs1. The molecule has 23 heavy (non-hydrogen) atoms. The topological polar surface area (TPSA) is 48.1 Å². The fourth-order valence-corrected chi connectivity index (χ4v) is 3.31. The van der Waals surface area contributed by atoms with Crippen molar-refractivity contribution in [3.63, 3.8) is 0 Å². The van der Waals surface area contributed by atoms with Crippen molar-refractivity contribution in [3.05, 3.63) is 64.0 Å². The zero-order valence-corrected chi connectivity index (χ0v) is 14.2. The second kappa shape index (κ2) is 6.84. The van der Waals surface area contributed by atoms with Crippen molar-refractivity contribution in [2.45, 2.75) is 20.3 Å². The quantitative estimate of drug-likeness (QED) is 0.696. The van der Waals surface area contributed by atoms with Gasteiger partial charge in [-0.15, -0.1) is 11.3 Å². The van der Waals surface area contributed by atoms with Crippen LogP contribution < -0.4 is 10.5 Å². The van der Waals surface area contributed by atoms with E-state index in [4.69, 9.17) is 10.5 Å². The molecule has 0 spiro atoms. The molecule has 2 N–H and O–H groups in total. The van der Waals surface area contributed by atoms with Gasteiger partial charge in [0.25, 0.3) is 0 Å². The Kier molecular flexibility index (Phi) is 4.63. The van der Waals surface area contributed by atoms with E-state index in [9.17, 15) is 0 Å². The first kappa shape index (κ1) is 15.6. The Morgan fingerprint density at radius 2 is 1.83 bits per heavy atom. The minimum absolute atomic E-state index is 0.634. The molecule has 3 aromatic rings. The van der Waals surface area contributed by atoms with Gasteiger partial charge in [-0.1, -0.05) is 30.3 Å². The molecule has 0 saturated heterocycles. The molecule has 0 radical (unpaired) electrons. The summed E-state index contributed by atoms with van der Waals surface area (Å²) in [5, 5.41) is 3.15. The Morgan fingerprint density at radius 3 is 2.57 bits per heavy atom. The smallest absolute Gasteiger partial charge is 0.125 e. The number of para-hydroxylation sites is 1. The first-order valence-corrected chi connectivity index (χ1v) is 8.51. The van der Waals surface area contributed by atoms with E-state index in [2.05, 4.69) is 42.4 Å². The van der Waals surface area contributed by atoms with Crippen molar-refractivity contribution in [2.24, 2.45) is 0 Å². The lowest BCUT2D eigenvalue weighted by Gasteiger charge is -2.11. The van der Waals surface area contributed by atoms with Gasteiger partial charge in [0.2, 0.25) is 0 Å². The van der Waals surface area contributed by atoms with Crippen LogP contribution in [0.15, 0.2) is 47.8 Å². The molecule has 118 valence electrons. The van der Waals surface area contributed by atoms with Crippen molar-refractivity contribution in [2.75, 3.05) is 12.3 Å². The van der Waals surface area contributed by atoms with Crippen LogP contribution in [0.1, 0.15) is 16.1 Å². The Hall–Kier alpha value is -2.33. The van der Waals surface area contributed by atoms with Gasteiger partial charge in [-0.2, -0.15) is 0 Å². The van der Waals surface area contributed by atoms with E-state index >= 15 is 0 Å². The summed E-state index contributed by atoms with van der Waals surface area (Å²) in [6.07, 6.45) is 0.806. The van der Waals surface area contributed by atoms with Gasteiger partial charge in [-0.25, -0.2) is 4.98 Å². The second-order valence-electron chi connectivity index (χ2n) is 5.57.